The first-order valence-electron chi connectivity index (χ1n) is 8.46. The predicted octanol–water partition coefficient (Wildman–Crippen LogP) is 5.86. The normalized spacial score (nSPS) is 14.0. The Morgan fingerprint density at radius 1 is 0.885 bits per heavy atom. The topological polar surface area (TPSA) is 29.0 Å². The van der Waals surface area contributed by atoms with Gasteiger partial charge in [-0.2, -0.15) is 0 Å². The minimum absolute atomic E-state index is 0.293. The lowest BCUT2D eigenvalue weighted by molar-refractivity contribution is 0.631. The molecule has 0 aliphatic carbocycles. The lowest BCUT2D eigenvalue weighted by Gasteiger charge is -2.23. The molecule has 1 aliphatic rings. The van der Waals surface area contributed by atoms with Crippen molar-refractivity contribution in [3.8, 4) is 22.5 Å². The van der Waals surface area contributed by atoms with Gasteiger partial charge in [0.1, 0.15) is 11.6 Å². The Morgan fingerprint density at radius 3 is 2.38 bits per heavy atom. The third-order valence-electron chi connectivity index (χ3n) is 4.50. The quantitative estimate of drug-likeness (QED) is 0.563. The lowest BCUT2D eigenvalue weighted by atomic mass is 10.0. The van der Waals surface area contributed by atoms with E-state index >= 15 is 0 Å². The second-order valence-corrected chi connectivity index (χ2v) is 7.01. The molecule has 2 aromatic heterocycles. The van der Waals surface area contributed by atoms with Crippen LogP contribution in [0.1, 0.15) is 12.8 Å². The number of benzene rings is 1. The van der Waals surface area contributed by atoms with Crippen LogP contribution in [0.15, 0.2) is 48.7 Å². The van der Waals surface area contributed by atoms with Gasteiger partial charge < -0.3 is 4.90 Å². The SMILES string of the molecule is Fc1cccc(Cl)c1-c1c(Cl)cc(-c2ccccn2)nc1N1CCCC1. The van der Waals surface area contributed by atoms with Crippen molar-refractivity contribution in [1.29, 1.82) is 0 Å². The van der Waals surface area contributed by atoms with Gasteiger partial charge in [0, 0.05) is 30.4 Å². The molecule has 3 heterocycles. The fourth-order valence-corrected chi connectivity index (χ4v) is 3.81. The van der Waals surface area contributed by atoms with E-state index in [9.17, 15) is 4.39 Å². The van der Waals surface area contributed by atoms with Gasteiger partial charge in [0.05, 0.1) is 21.4 Å². The van der Waals surface area contributed by atoms with Gasteiger partial charge in [-0.25, -0.2) is 9.37 Å². The van der Waals surface area contributed by atoms with E-state index in [2.05, 4.69) is 9.88 Å². The smallest absolute Gasteiger partial charge is 0.138 e. The molecule has 0 saturated carbocycles. The van der Waals surface area contributed by atoms with E-state index in [0.29, 0.717) is 32.7 Å². The van der Waals surface area contributed by atoms with Crippen molar-refractivity contribution in [3.05, 3.63) is 64.5 Å². The van der Waals surface area contributed by atoms with Crippen LogP contribution >= 0.6 is 23.2 Å². The van der Waals surface area contributed by atoms with Crippen LogP contribution in [0.4, 0.5) is 10.2 Å². The molecule has 1 fully saturated rings. The highest BCUT2D eigenvalue weighted by molar-refractivity contribution is 6.37. The summed E-state index contributed by atoms with van der Waals surface area (Å²) in [6.45, 7) is 1.71. The van der Waals surface area contributed by atoms with Crippen LogP contribution in [0.2, 0.25) is 10.0 Å². The second kappa shape index (κ2) is 7.22. The first-order valence-corrected chi connectivity index (χ1v) is 9.22. The first-order chi connectivity index (χ1) is 12.6. The van der Waals surface area contributed by atoms with Crippen molar-refractivity contribution < 1.29 is 4.39 Å². The molecule has 6 heteroatoms. The Labute approximate surface area is 161 Å². The molecule has 0 radical (unpaired) electrons. The fraction of sp³-hybridized carbons (Fsp3) is 0.200. The van der Waals surface area contributed by atoms with E-state index in [0.717, 1.165) is 31.6 Å². The molecule has 1 aromatic carbocycles. The summed E-state index contributed by atoms with van der Waals surface area (Å²) in [6, 6.07) is 12.0. The van der Waals surface area contributed by atoms with Gasteiger partial charge >= 0.3 is 0 Å². The van der Waals surface area contributed by atoms with Crippen LogP contribution in [0.3, 0.4) is 0 Å². The zero-order valence-electron chi connectivity index (χ0n) is 13.9. The first kappa shape index (κ1) is 17.3. The number of anilines is 1. The molecule has 0 bridgehead atoms. The average molecular weight is 388 g/mol. The molecule has 3 aromatic rings. The fourth-order valence-electron chi connectivity index (χ4n) is 3.27. The van der Waals surface area contributed by atoms with Crippen LogP contribution in [-0.4, -0.2) is 23.1 Å². The highest BCUT2D eigenvalue weighted by Crippen LogP contribution is 2.43. The third-order valence-corrected chi connectivity index (χ3v) is 5.11. The van der Waals surface area contributed by atoms with Crippen molar-refractivity contribution in [2.75, 3.05) is 18.0 Å². The zero-order valence-corrected chi connectivity index (χ0v) is 15.4. The van der Waals surface area contributed by atoms with Crippen molar-refractivity contribution in [3.63, 3.8) is 0 Å². The Kier molecular flexibility index (Phi) is 4.79. The molecule has 0 N–H and O–H groups in total. The predicted molar refractivity (Wildman–Crippen MR) is 104 cm³/mol. The van der Waals surface area contributed by atoms with Crippen LogP contribution in [0, 0.1) is 5.82 Å². The Hall–Kier alpha value is -2.17. The summed E-state index contributed by atoms with van der Waals surface area (Å²) in [5.74, 6) is 0.245. The van der Waals surface area contributed by atoms with Crippen molar-refractivity contribution in [1.82, 2.24) is 9.97 Å². The zero-order chi connectivity index (χ0) is 18.1. The standard InChI is InChI=1S/C20H16Cl2FN3/c21-13-6-5-7-15(23)18(13)19-14(22)12-17(16-8-1-2-9-24-16)25-20(19)26-10-3-4-11-26/h1-2,5-9,12H,3-4,10-11H2. The van der Waals surface area contributed by atoms with Crippen molar-refractivity contribution in [2.24, 2.45) is 0 Å². The molecule has 1 aliphatic heterocycles. The van der Waals surface area contributed by atoms with Crippen LogP contribution in [0.5, 0.6) is 0 Å². The molecule has 4 rings (SSSR count). The highest BCUT2D eigenvalue weighted by Gasteiger charge is 2.25. The van der Waals surface area contributed by atoms with Crippen molar-refractivity contribution >= 4 is 29.0 Å². The Balaban J connectivity index is 1.96. The lowest BCUT2D eigenvalue weighted by Crippen LogP contribution is -2.20. The maximum absolute atomic E-state index is 14.6. The van der Waals surface area contributed by atoms with E-state index in [1.807, 2.05) is 18.2 Å². The summed E-state index contributed by atoms with van der Waals surface area (Å²) in [4.78, 5) is 11.3. The van der Waals surface area contributed by atoms with Gasteiger partial charge in [0.2, 0.25) is 0 Å². The number of pyridine rings is 2. The van der Waals surface area contributed by atoms with Gasteiger partial charge in [-0.05, 0) is 43.2 Å². The molecule has 0 spiro atoms. The highest BCUT2D eigenvalue weighted by atomic mass is 35.5. The molecule has 0 atom stereocenters. The summed E-state index contributed by atoms with van der Waals surface area (Å²) < 4.78 is 14.6. The van der Waals surface area contributed by atoms with Gasteiger partial charge in [-0.3, -0.25) is 4.98 Å². The summed E-state index contributed by atoms with van der Waals surface area (Å²) in [7, 11) is 0. The summed E-state index contributed by atoms with van der Waals surface area (Å²) >= 11 is 12.9. The molecule has 26 heavy (non-hydrogen) atoms. The Morgan fingerprint density at radius 2 is 1.69 bits per heavy atom. The van der Waals surface area contributed by atoms with E-state index in [1.54, 1.807) is 24.4 Å². The number of hydrogen-bond acceptors (Lipinski definition) is 3. The van der Waals surface area contributed by atoms with E-state index in [-0.39, 0.29) is 0 Å². The maximum Gasteiger partial charge on any atom is 0.138 e. The molecule has 0 unspecified atom stereocenters. The number of hydrogen-bond donors (Lipinski definition) is 0. The van der Waals surface area contributed by atoms with Crippen LogP contribution in [-0.2, 0) is 0 Å². The molecular weight excluding hydrogens is 372 g/mol. The number of nitrogens with zero attached hydrogens (tertiary/aromatic N) is 3. The number of halogens is 3. The van der Waals surface area contributed by atoms with Crippen molar-refractivity contribution in [2.45, 2.75) is 12.8 Å². The van der Waals surface area contributed by atoms with E-state index in [4.69, 9.17) is 28.2 Å². The van der Waals surface area contributed by atoms with Gasteiger partial charge in [-0.15, -0.1) is 0 Å². The maximum atomic E-state index is 14.6. The van der Waals surface area contributed by atoms with Crippen LogP contribution < -0.4 is 4.90 Å². The number of rotatable bonds is 3. The number of aromatic nitrogens is 2. The van der Waals surface area contributed by atoms with Gasteiger partial charge in [0.25, 0.3) is 0 Å². The summed E-state index contributed by atoms with van der Waals surface area (Å²) in [5, 5.41) is 0.731. The summed E-state index contributed by atoms with van der Waals surface area (Å²) in [6.07, 6.45) is 3.84. The molecule has 0 amide bonds. The largest absolute Gasteiger partial charge is 0.356 e. The molecule has 132 valence electrons. The van der Waals surface area contributed by atoms with E-state index < -0.39 is 5.82 Å². The minimum Gasteiger partial charge on any atom is -0.356 e. The van der Waals surface area contributed by atoms with Crippen LogP contribution in [0.25, 0.3) is 22.5 Å². The minimum atomic E-state index is -0.410. The molecule has 1 saturated heterocycles. The monoisotopic (exact) mass is 387 g/mol. The summed E-state index contributed by atoms with van der Waals surface area (Å²) in [5.41, 5.74) is 2.22. The van der Waals surface area contributed by atoms with Gasteiger partial charge in [0.15, 0.2) is 0 Å². The molecule has 3 nitrogen and oxygen atoms in total. The Bertz CT molecular complexity index is 921. The molecular formula is C20H16Cl2FN3. The second-order valence-electron chi connectivity index (χ2n) is 6.19. The average Bonchev–Trinajstić information content (AvgIpc) is 3.18. The third kappa shape index (κ3) is 3.15. The van der Waals surface area contributed by atoms with E-state index in [1.165, 1.54) is 6.07 Å². The van der Waals surface area contributed by atoms with Gasteiger partial charge in [-0.1, -0.05) is 35.3 Å².